The molecule has 0 saturated heterocycles. The van der Waals surface area contributed by atoms with Crippen molar-refractivity contribution in [2.75, 3.05) is 4.72 Å². The van der Waals surface area contributed by atoms with Crippen molar-refractivity contribution in [2.45, 2.75) is 18.4 Å². The summed E-state index contributed by atoms with van der Waals surface area (Å²) in [5.41, 5.74) is 5.43. The minimum Gasteiger partial charge on any atom is -0.326 e. The van der Waals surface area contributed by atoms with Crippen LogP contribution in [0.1, 0.15) is 9.75 Å². The van der Waals surface area contributed by atoms with Gasteiger partial charge in [-0.2, -0.15) is 0 Å². The third kappa shape index (κ3) is 2.97. The highest BCUT2D eigenvalue weighted by molar-refractivity contribution is 7.93. The van der Waals surface area contributed by atoms with Crippen LogP contribution >= 0.6 is 11.3 Å². The predicted molar refractivity (Wildman–Crippen MR) is 74.1 cm³/mol. The molecular weight excluding hydrogens is 306 g/mol. The van der Waals surface area contributed by atoms with Crippen LogP contribution < -0.4 is 10.5 Å². The summed E-state index contributed by atoms with van der Waals surface area (Å²) in [4.78, 5) is 1.40. The number of nitrogens with one attached hydrogen (secondary N) is 1. The molecule has 108 valence electrons. The lowest BCUT2D eigenvalue weighted by atomic mass is 10.3. The number of hydrogen-bond donors (Lipinski definition) is 2. The second-order valence-electron chi connectivity index (χ2n) is 4.07. The van der Waals surface area contributed by atoms with E-state index in [4.69, 9.17) is 5.73 Å². The van der Waals surface area contributed by atoms with Gasteiger partial charge in [0.15, 0.2) is 11.6 Å². The van der Waals surface area contributed by atoms with Crippen molar-refractivity contribution in [1.29, 1.82) is 0 Å². The van der Waals surface area contributed by atoms with Crippen molar-refractivity contribution in [1.82, 2.24) is 0 Å². The number of nitrogens with two attached hydrogens (primary N) is 1. The molecule has 3 N–H and O–H groups in total. The Hall–Kier alpha value is -1.51. The lowest BCUT2D eigenvalue weighted by molar-refractivity contribution is 0.509. The van der Waals surface area contributed by atoms with E-state index in [0.717, 1.165) is 23.1 Å². The molecule has 0 atom stereocenters. The Kier molecular flexibility index (Phi) is 4.07. The summed E-state index contributed by atoms with van der Waals surface area (Å²) in [6, 6.07) is 4.28. The summed E-state index contributed by atoms with van der Waals surface area (Å²) in [7, 11) is -3.85. The monoisotopic (exact) mass is 318 g/mol. The van der Waals surface area contributed by atoms with Gasteiger partial charge in [0.05, 0.1) is 5.69 Å². The lowest BCUT2D eigenvalue weighted by Gasteiger charge is -2.07. The molecule has 8 heteroatoms. The third-order valence-electron chi connectivity index (χ3n) is 2.59. The van der Waals surface area contributed by atoms with Crippen LogP contribution in [0.4, 0.5) is 14.5 Å². The maximum atomic E-state index is 13.1. The zero-order valence-electron chi connectivity index (χ0n) is 10.5. The first-order valence-corrected chi connectivity index (χ1v) is 7.90. The minimum absolute atomic E-state index is 0.0381. The van der Waals surface area contributed by atoms with Gasteiger partial charge >= 0.3 is 0 Å². The van der Waals surface area contributed by atoms with E-state index in [9.17, 15) is 17.2 Å². The van der Waals surface area contributed by atoms with Crippen LogP contribution in [0.5, 0.6) is 0 Å². The summed E-state index contributed by atoms with van der Waals surface area (Å²) >= 11 is 1.28. The van der Waals surface area contributed by atoms with E-state index < -0.39 is 21.7 Å². The molecule has 4 nitrogen and oxygen atoms in total. The van der Waals surface area contributed by atoms with Crippen molar-refractivity contribution in [3.05, 3.63) is 45.7 Å². The summed E-state index contributed by atoms with van der Waals surface area (Å²) in [6.45, 7) is 1.90. The molecule has 2 aromatic rings. The molecule has 0 aliphatic carbocycles. The molecule has 1 aromatic heterocycles. The summed E-state index contributed by atoms with van der Waals surface area (Å²) in [5.74, 6) is -2.15. The standard InChI is InChI=1S/C12H12F2N2O2S2/c1-7-12(5-9(6-15)19-7)20(17,18)16-8-2-3-10(13)11(14)4-8/h2-5,16H,6,15H2,1H3. The topological polar surface area (TPSA) is 72.2 Å². The normalized spacial score (nSPS) is 11.6. The SMILES string of the molecule is Cc1sc(CN)cc1S(=O)(=O)Nc1ccc(F)c(F)c1. The number of rotatable bonds is 4. The van der Waals surface area contributed by atoms with Crippen LogP contribution in [0.2, 0.25) is 0 Å². The average molecular weight is 318 g/mol. The fraction of sp³-hybridized carbons (Fsp3) is 0.167. The minimum atomic E-state index is -3.85. The highest BCUT2D eigenvalue weighted by atomic mass is 32.2. The maximum absolute atomic E-state index is 13.1. The summed E-state index contributed by atoms with van der Waals surface area (Å²) in [5, 5.41) is 0. The molecule has 0 aliphatic rings. The fourth-order valence-electron chi connectivity index (χ4n) is 1.66. The van der Waals surface area contributed by atoms with E-state index in [1.54, 1.807) is 6.92 Å². The molecule has 2 rings (SSSR count). The Labute approximate surface area is 119 Å². The zero-order chi connectivity index (χ0) is 14.9. The number of sulfonamides is 1. The van der Waals surface area contributed by atoms with Crippen molar-refractivity contribution in [3.63, 3.8) is 0 Å². The van der Waals surface area contributed by atoms with E-state index in [1.165, 1.54) is 17.4 Å². The van der Waals surface area contributed by atoms with Gasteiger partial charge in [0.1, 0.15) is 4.90 Å². The van der Waals surface area contributed by atoms with Crippen LogP contribution in [-0.4, -0.2) is 8.42 Å². The molecule has 0 aliphatic heterocycles. The van der Waals surface area contributed by atoms with Crippen LogP contribution in [0.25, 0.3) is 0 Å². The number of benzene rings is 1. The summed E-state index contributed by atoms with van der Waals surface area (Å²) in [6.07, 6.45) is 0. The number of thiophene rings is 1. The van der Waals surface area contributed by atoms with Crippen molar-refractivity contribution >= 4 is 27.0 Å². The van der Waals surface area contributed by atoms with Crippen LogP contribution in [0, 0.1) is 18.6 Å². The van der Waals surface area contributed by atoms with Gasteiger partial charge in [-0.05, 0) is 25.1 Å². The molecule has 0 amide bonds. The average Bonchev–Trinajstić information content (AvgIpc) is 2.76. The first-order chi connectivity index (χ1) is 9.33. The molecule has 0 saturated carbocycles. The largest absolute Gasteiger partial charge is 0.326 e. The highest BCUT2D eigenvalue weighted by Gasteiger charge is 2.20. The van der Waals surface area contributed by atoms with Gasteiger partial charge in [-0.1, -0.05) is 0 Å². The van der Waals surface area contributed by atoms with Gasteiger partial charge in [0.25, 0.3) is 10.0 Å². The van der Waals surface area contributed by atoms with Gasteiger partial charge in [-0.15, -0.1) is 11.3 Å². The van der Waals surface area contributed by atoms with Gasteiger partial charge in [-0.3, -0.25) is 4.72 Å². The van der Waals surface area contributed by atoms with E-state index in [2.05, 4.69) is 4.72 Å². The number of anilines is 1. The zero-order valence-corrected chi connectivity index (χ0v) is 12.1. The van der Waals surface area contributed by atoms with Gasteiger partial charge in [0, 0.05) is 22.4 Å². The Bertz CT molecular complexity index is 742. The van der Waals surface area contributed by atoms with E-state index in [-0.39, 0.29) is 17.1 Å². The maximum Gasteiger partial charge on any atom is 0.263 e. The molecule has 1 aromatic carbocycles. The summed E-state index contributed by atoms with van der Waals surface area (Å²) < 4.78 is 52.5. The Morgan fingerprint density at radius 1 is 1.25 bits per heavy atom. The molecule has 0 spiro atoms. The van der Waals surface area contributed by atoms with Crippen LogP contribution in [-0.2, 0) is 16.6 Å². The van der Waals surface area contributed by atoms with Gasteiger partial charge < -0.3 is 5.73 Å². The van der Waals surface area contributed by atoms with Crippen LogP contribution in [0.3, 0.4) is 0 Å². The number of halogens is 2. The van der Waals surface area contributed by atoms with Crippen LogP contribution in [0.15, 0.2) is 29.2 Å². The Morgan fingerprint density at radius 2 is 1.95 bits per heavy atom. The molecule has 20 heavy (non-hydrogen) atoms. The van der Waals surface area contributed by atoms with Gasteiger partial charge in [0.2, 0.25) is 0 Å². The smallest absolute Gasteiger partial charge is 0.263 e. The van der Waals surface area contributed by atoms with E-state index in [0.29, 0.717) is 4.88 Å². The van der Waals surface area contributed by atoms with E-state index in [1.807, 2.05) is 0 Å². The van der Waals surface area contributed by atoms with Crippen molar-refractivity contribution < 1.29 is 17.2 Å². The second kappa shape index (κ2) is 5.47. The fourth-order valence-corrected chi connectivity index (χ4v) is 4.23. The quantitative estimate of drug-likeness (QED) is 0.910. The molecule has 1 heterocycles. The van der Waals surface area contributed by atoms with E-state index >= 15 is 0 Å². The molecular formula is C12H12F2N2O2S2. The molecule has 0 unspecified atom stereocenters. The predicted octanol–water partition coefficient (Wildman–Crippen LogP) is 2.59. The Morgan fingerprint density at radius 3 is 2.50 bits per heavy atom. The molecule has 0 fully saturated rings. The first kappa shape index (κ1) is 14.9. The Balaban J connectivity index is 2.35. The lowest BCUT2D eigenvalue weighted by Crippen LogP contribution is -2.13. The second-order valence-corrected chi connectivity index (χ2v) is 7.06. The van der Waals surface area contributed by atoms with Crippen molar-refractivity contribution in [2.24, 2.45) is 5.73 Å². The van der Waals surface area contributed by atoms with Gasteiger partial charge in [-0.25, -0.2) is 17.2 Å². The molecule has 0 radical (unpaired) electrons. The molecule has 0 bridgehead atoms. The highest BCUT2D eigenvalue weighted by Crippen LogP contribution is 2.27. The number of aryl methyl sites for hydroxylation is 1. The third-order valence-corrected chi connectivity index (χ3v) is 5.30. The van der Waals surface area contributed by atoms with Crippen molar-refractivity contribution in [3.8, 4) is 0 Å². The number of hydrogen-bond acceptors (Lipinski definition) is 4. The first-order valence-electron chi connectivity index (χ1n) is 5.60.